The molecule has 0 saturated heterocycles. The number of anilines is 2. The lowest BCUT2D eigenvalue weighted by molar-refractivity contribution is 0.0974. The van der Waals surface area contributed by atoms with E-state index < -0.39 is 6.17 Å². The number of nitrogens with zero attached hydrogens (tertiary/aromatic N) is 1. The second kappa shape index (κ2) is 8.37. The molecule has 6 heteroatoms. The van der Waals surface area contributed by atoms with Crippen molar-refractivity contribution < 1.29 is 19.0 Å². The van der Waals surface area contributed by atoms with Crippen molar-refractivity contribution in [3.05, 3.63) is 77.9 Å². The summed E-state index contributed by atoms with van der Waals surface area (Å²) in [6.45, 7) is 2.44. The normalized spacial score (nSPS) is 15.2. The van der Waals surface area contributed by atoms with Crippen molar-refractivity contribution >= 4 is 17.3 Å². The van der Waals surface area contributed by atoms with Crippen molar-refractivity contribution in [2.24, 2.45) is 0 Å². The number of carbonyl (C=O) groups is 1. The molecule has 0 bridgehead atoms. The summed E-state index contributed by atoms with van der Waals surface area (Å²) < 4.78 is 16.7. The van der Waals surface area contributed by atoms with Crippen LogP contribution in [0, 0.1) is 0 Å². The first-order chi connectivity index (χ1) is 14.7. The van der Waals surface area contributed by atoms with Crippen LogP contribution in [-0.4, -0.2) is 26.7 Å². The van der Waals surface area contributed by atoms with Gasteiger partial charge in [0.05, 0.1) is 26.4 Å². The minimum Gasteiger partial charge on any atom is -0.497 e. The van der Waals surface area contributed by atoms with Gasteiger partial charge in [-0.15, -0.1) is 0 Å². The molecular weight excluding hydrogens is 380 g/mol. The van der Waals surface area contributed by atoms with Gasteiger partial charge >= 0.3 is 0 Å². The highest BCUT2D eigenvalue weighted by Gasteiger charge is 2.36. The van der Waals surface area contributed by atoms with E-state index in [0.717, 1.165) is 22.7 Å². The summed E-state index contributed by atoms with van der Waals surface area (Å²) in [4.78, 5) is 15.3. The zero-order valence-corrected chi connectivity index (χ0v) is 17.2. The van der Waals surface area contributed by atoms with Crippen LogP contribution >= 0.6 is 0 Å². The Hall–Kier alpha value is -3.67. The Kier molecular flexibility index (Phi) is 5.48. The highest BCUT2D eigenvalue weighted by atomic mass is 16.5. The van der Waals surface area contributed by atoms with Crippen LogP contribution in [0.1, 0.15) is 29.0 Å². The number of hydrogen-bond acceptors (Lipinski definition) is 5. The molecule has 30 heavy (non-hydrogen) atoms. The van der Waals surface area contributed by atoms with Crippen molar-refractivity contribution in [3.63, 3.8) is 0 Å². The third-order valence-electron chi connectivity index (χ3n) is 5.09. The maximum absolute atomic E-state index is 13.5. The number of amides is 1. The number of benzene rings is 3. The predicted octanol–water partition coefficient (Wildman–Crippen LogP) is 4.87. The molecule has 0 spiro atoms. The second-order valence-electron chi connectivity index (χ2n) is 6.78. The molecule has 1 aliphatic heterocycles. The molecule has 1 atom stereocenters. The van der Waals surface area contributed by atoms with Crippen LogP contribution in [0.4, 0.5) is 11.4 Å². The number of carbonyl (C=O) groups excluding carboxylic acids is 1. The first-order valence-electron chi connectivity index (χ1n) is 9.80. The summed E-state index contributed by atoms with van der Waals surface area (Å²) in [7, 11) is 3.23. The lowest BCUT2D eigenvalue weighted by Crippen LogP contribution is -2.43. The van der Waals surface area contributed by atoms with Gasteiger partial charge in [-0.25, -0.2) is 0 Å². The number of rotatable bonds is 6. The van der Waals surface area contributed by atoms with E-state index in [1.807, 2.05) is 73.7 Å². The quantitative estimate of drug-likeness (QED) is 0.635. The second-order valence-corrected chi connectivity index (χ2v) is 6.78. The standard InChI is InChI=1S/C24H24N2O4/c1-4-30-21-11-7-9-19(22(21)29-3)23-25-20-10-6-5-8-18(20)24(27)26(23)16-12-14-17(28-2)15-13-16/h5-15,23,25H,4H2,1-3H3/t23-/m1/s1. The molecule has 0 unspecified atom stereocenters. The molecule has 0 aliphatic carbocycles. The fraction of sp³-hybridized carbons (Fsp3) is 0.208. The van der Waals surface area contributed by atoms with Gasteiger partial charge in [-0.2, -0.15) is 0 Å². The van der Waals surface area contributed by atoms with E-state index in [0.29, 0.717) is 23.7 Å². The number of methoxy groups -OCH3 is 2. The van der Waals surface area contributed by atoms with Gasteiger partial charge in [0.15, 0.2) is 11.5 Å². The highest BCUT2D eigenvalue weighted by Crippen LogP contribution is 2.42. The largest absolute Gasteiger partial charge is 0.497 e. The lowest BCUT2D eigenvalue weighted by atomic mass is 10.0. The molecule has 3 aromatic carbocycles. The molecule has 4 rings (SSSR count). The van der Waals surface area contributed by atoms with Gasteiger partial charge in [-0.1, -0.05) is 24.3 Å². The third kappa shape index (κ3) is 3.41. The predicted molar refractivity (Wildman–Crippen MR) is 117 cm³/mol. The monoisotopic (exact) mass is 404 g/mol. The van der Waals surface area contributed by atoms with Gasteiger partial charge in [-0.05, 0) is 49.4 Å². The first-order valence-corrected chi connectivity index (χ1v) is 9.80. The van der Waals surface area contributed by atoms with Crippen molar-refractivity contribution in [1.29, 1.82) is 0 Å². The number of fused-ring (bicyclic) bond motifs is 1. The number of para-hydroxylation sites is 2. The summed E-state index contributed by atoms with van der Waals surface area (Å²) in [5.41, 5.74) is 2.95. The van der Waals surface area contributed by atoms with E-state index in [9.17, 15) is 4.79 Å². The molecule has 6 nitrogen and oxygen atoms in total. The zero-order chi connectivity index (χ0) is 21.1. The average Bonchev–Trinajstić information content (AvgIpc) is 2.79. The van der Waals surface area contributed by atoms with E-state index in [2.05, 4.69) is 5.32 Å². The molecule has 154 valence electrons. The maximum atomic E-state index is 13.5. The zero-order valence-electron chi connectivity index (χ0n) is 17.2. The summed E-state index contributed by atoms with van der Waals surface area (Å²) in [6.07, 6.45) is -0.476. The summed E-state index contributed by atoms with van der Waals surface area (Å²) in [6, 6.07) is 20.6. The molecule has 0 aromatic heterocycles. The molecular formula is C24H24N2O4. The van der Waals surface area contributed by atoms with Gasteiger partial charge in [0.25, 0.3) is 5.91 Å². The lowest BCUT2D eigenvalue weighted by Gasteiger charge is -2.38. The Bertz CT molecular complexity index is 1050. The van der Waals surface area contributed by atoms with E-state index in [1.165, 1.54) is 0 Å². The Morgan fingerprint density at radius 2 is 1.70 bits per heavy atom. The molecule has 1 aliphatic rings. The average molecular weight is 404 g/mol. The van der Waals surface area contributed by atoms with Crippen molar-refractivity contribution in [1.82, 2.24) is 0 Å². The fourth-order valence-corrected chi connectivity index (χ4v) is 3.72. The Morgan fingerprint density at radius 1 is 0.933 bits per heavy atom. The Labute approximate surface area is 176 Å². The van der Waals surface area contributed by atoms with Crippen LogP contribution in [0.3, 0.4) is 0 Å². The smallest absolute Gasteiger partial charge is 0.262 e. The first kappa shape index (κ1) is 19.6. The van der Waals surface area contributed by atoms with Crippen molar-refractivity contribution in [3.8, 4) is 17.2 Å². The van der Waals surface area contributed by atoms with E-state index >= 15 is 0 Å². The van der Waals surface area contributed by atoms with Crippen LogP contribution in [-0.2, 0) is 0 Å². The summed E-state index contributed by atoms with van der Waals surface area (Å²) in [5, 5.41) is 3.50. The third-order valence-corrected chi connectivity index (χ3v) is 5.09. The van der Waals surface area contributed by atoms with Gasteiger partial charge < -0.3 is 19.5 Å². The molecule has 1 amide bonds. The number of hydrogen-bond donors (Lipinski definition) is 1. The minimum atomic E-state index is -0.476. The van der Waals surface area contributed by atoms with Gasteiger partial charge in [0, 0.05) is 16.9 Å². The van der Waals surface area contributed by atoms with Crippen LogP contribution in [0.2, 0.25) is 0 Å². The van der Waals surface area contributed by atoms with E-state index in [-0.39, 0.29) is 5.91 Å². The minimum absolute atomic E-state index is 0.0941. The van der Waals surface area contributed by atoms with Gasteiger partial charge in [0.2, 0.25) is 0 Å². The van der Waals surface area contributed by atoms with Crippen molar-refractivity contribution in [2.45, 2.75) is 13.1 Å². The molecule has 3 aromatic rings. The Morgan fingerprint density at radius 3 is 2.40 bits per heavy atom. The van der Waals surface area contributed by atoms with Crippen LogP contribution < -0.4 is 24.4 Å². The molecule has 1 heterocycles. The fourth-order valence-electron chi connectivity index (χ4n) is 3.72. The van der Waals surface area contributed by atoms with E-state index in [1.54, 1.807) is 19.1 Å². The molecule has 0 radical (unpaired) electrons. The van der Waals surface area contributed by atoms with E-state index in [4.69, 9.17) is 14.2 Å². The van der Waals surface area contributed by atoms with Gasteiger partial charge in [0.1, 0.15) is 11.9 Å². The molecule has 0 fully saturated rings. The van der Waals surface area contributed by atoms with Crippen LogP contribution in [0.5, 0.6) is 17.2 Å². The van der Waals surface area contributed by atoms with Gasteiger partial charge in [-0.3, -0.25) is 9.69 Å². The summed E-state index contributed by atoms with van der Waals surface area (Å²) >= 11 is 0. The number of nitrogens with one attached hydrogen (secondary N) is 1. The number of ether oxygens (including phenoxy) is 3. The SMILES string of the molecule is CCOc1cccc([C@@H]2Nc3ccccc3C(=O)N2c2ccc(OC)cc2)c1OC. The van der Waals surface area contributed by atoms with Crippen molar-refractivity contribution in [2.75, 3.05) is 31.0 Å². The molecule has 1 N–H and O–H groups in total. The maximum Gasteiger partial charge on any atom is 0.262 e. The highest BCUT2D eigenvalue weighted by molar-refractivity contribution is 6.12. The summed E-state index contributed by atoms with van der Waals surface area (Å²) in [5.74, 6) is 1.87. The topological polar surface area (TPSA) is 60.0 Å². The van der Waals surface area contributed by atoms with Crippen LogP contribution in [0.15, 0.2) is 66.7 Å². The Balaban J connectivity index is 1.87. The molecule has 0 saturated carbocycles. The van der Waals surface area contributed by atoms with Crippen LogP contribution in [0.25, 0.3) is 0 Å².